The highest BCUT2D eigenvalue weighted by atomic mass is 79.9. The van der Waals surface area contributed by atoms with Crippen molar-refractivity contribution >= 4 is 27.3 Å². The Labute approximate surface area is 120 Å². The number of halogens is 2. The lowest BCUT2D eigenvalue weighted by atomic mass is 10.2. The van der Waals surface area contributed by atoms with Gasteiger partial charge in [0.15, 0.2) is 0 Å². The van der Waals surface area contributed by atoms with Gasteiger partial charge in [-0.15, -0.1) is 0 Å². The molecule has 4 heteroatoms. The minimum absolute atomic E-state index is 0.258. The van der Waals surface area contributed by atoms with Crippen LogP contribution in [0.4, 0.5) is 15.8 Å². The van der Waals surface area contributed by atoms with Gasteiger partial charge in [0.2, 0.25) is 0 Å². The molecule has 2 aromatic rings. The predicted molar refractivity (Wildman–Crippen MR) is 77.9 cm³/mol. The lowest BCUT2D eigenvalue weighted by molar-refractivity contribution is 0.628. The summed E-state index contributed by atoms with van der Waals surface area (Å²) in [6.07, 6.45) is 0. The number of nitrogens with zero attached hydrogens (tertiary/aromatic N) is 2. The van der Waals surface area contributed by atoms with Crippen molar-refractivity contribution in [3.05, 3.63) is 58.3 Å². The monoisotopic (exact) mass is 318 g/mol. The van der Waals surface area contributed by atoms with E-state index in [0.29, 0.717) is 5.56 Å². The van der Waals surface area contributed by atoms with Gasteiger partial charge >= 0.3 is 0 Å². The van der Waals surface area contributed by atoms with Crippen molar-refractivity contribution in [3.63, 3.8) is 0 Å². The summed E-state index contributed by atoms with van der Waals surface area (Å²) in [6, 6.07) is 14.0. The fourth-order valence-corrected chi connectivity index (χ4v) is 2.41. The molecule has 0 spiro atoms. The molecule has 0 radical (unpaired) electrons. The van der Waals surface area contributed by atoms with Crippen LogP contribution in [0.5, 0.6) is 0 Å². The molecule has 0 aliphatic heterocycles. The molecule has 0 aliphatic rings. The third-order valence-corrected chi connectivity index (χ3v) is 3.24. The maximum Gasteiger partial charge on any atom is 0.123 e. The van der Waals surface area contributed by atoms with Gasteiger partial charge in [-0.25, -0.2) is 4.39 Å². The number of benzene rings is 2. The summed E-state index contributed by atoms with van der Waals surface area (Å²) in [5.74, 6) is -0.258. The number of anilines is 2. The van der Waals surface area contributed by atoms with E-state index in [-0.39, 0.29) is 5.82 Å². The first kappa shape index (κ1) is 13.6. The standard InChI is InChI=1S/C15H12BrFN2/c1-2-19(14-5-3-13(17)4-6-14)15-8-11(10-18)7-12(16)9-15/h3-9H,2H2,1H3. The van der Waals surface area contributed by atoms with E-state index in [1.807, 2.05) is 24.0 Å². The molecule has 0 bridgehead atoms. The second-order valence-corrected chi connectivity index (χ2v) is 4.95. The Morgan fingerprint density at radius 3 is 2.42 bits per heavy atom. The number of hydrogen-bond donors (Lipinski definition) is 0. The predicted octanol–water partition coefficient (Wildman–Crippen LogP) is 4.62. The van der Waals surface area contributed by atoms with Crippen LogP contribution in [0.25, 0.3) is 0 Å². The second kappa shape index (κ2) is 5.85. The summed E-state index contributed by atoms with van der Waals surface area (Å²) in [5.41, 5.74) is 2.39. The van der Waals surface area contributed by atoms with Crippen LogP contribution in [0.3, 0.4) is 0 Å². The van der Waals surface area contributed by atoms with Crippen molar-refractivity contribution in [1.29, 1.82) is 5.26 Å². The SMILES string of the molecule is CCN(c1ccc(F)cc1)c1cc(Br)cc(C#N)c1. The van der Waals surface area contributed by atoms with Gasteiger partial charge in [0, 0.05) is 22.4 Å². The number of rotatable bonds is 3. The average molecular weight is 319 g/mol. The zero-order valence-corrected chi connectivity index (χ0v) is 12.0. The van der Waals surface area contributed by atoms with E-state index in [1.54, 1.807) is 18.2 Å². The van der Waals surface area contributed by atoms with Crippen LogP contribution in [-0.2, 0) is 0 Å². The van der Waals surface area contributed by atoms with Gasteiger partial charge in [0.25, 0.3) is 0 Å². The number of nitriles is 1. The highest BCUT2D eigenvalue weighted by molar-refractivity contribution is 9.10. The lowest BCUT2D eigenvalue weighted by Gasteiger charge is -2.23. The van der Waals surface area contributed by atoms with E-state index in [9.17, 15) is 4.39 Å². The van der Waals surface area contributed by atoms with Crippen LogP contribution < -0.4 is 4.90 Å². The Morgan fingerprint density at radius 1 is 1.16 bits per heavy atom. The number of hydrogen-bond acceptors (Lipinski definition) is 2. The average Bonchev–Trinajstić information content (AvgIpc) is 2.41. The van der Waals surface area contributed by atoms with Gasteiger partial charge in [-0.2, -0.15) is 5.26 Å². The Bertz CT molecular complexity index is 617. The molecular formula is C15H12BrFN2. The Hall–Kier alpha value is -1.86. The molecule has 0 unspecified atom stereocenters. The van der Waals surface area contributed by atoms with Crippen molar-refractivity contribution < 1.29 is 4.39 Å². The van der Waals surface area contributed by atoms with Gasteiger partial charge in [-0.05, 0) is 49.4 Å². The summed E-state index contributed by atoms with van der Waals surface area (Å²) < 4.78 is 13.8. The van der Waals surface area contributed by atoms with Gasteiger partial charge in [-0.1, -0.05) is 15.9 Å². The summed E-state index contributed by atoms with van der Waals surface area (Å²) in [4.78, 5) is 2.02. The van der Waals surface area contributed by atoms with Crippen LogP contribution in [0.1, 0.15) is 12.5 Å². The van der Waals surface area contributed by atoms with E-state index >= 15 is 0 Å². The fraction of sp³-hybridized carbons (Fsp3) is 0.133. The molecule has 0 N–H and O–H groups in total. The van der Waals surface area contributed by atoms with E-state index in [4.69, 9.17) is 5.26 Å². The summed E-state index contributed by atoms with van der Waals surface area (Å²) >= 11 is 3.40. The molecule has 0 aliphatic carbocycles. The minimum atomic E-state index is -0.258. The Morgan fingerprint density at radius 2 is 1.84 bits per heavy atom. The topological polar surface area (TPSA) is 27.0 Å². The van der Waals surface area contributed by atoms with Gasteiger partial charge in [0.1, 0.15) is 5.82 Å². The smallest absolute Gasteiger partial charge is 0.123 e. The first-order valence-electron chi connectivity index (χ1n) is 5.88. The molecule has 0 atom stereocenters. The van der Waals surface area contributed by atoms with Crippen LogP contribution in [-0.4, -0.2) is 6.54 Å². The lowest BCUT2D eigenvalue weighted by Crippen LogP contribution is -2.16. The van der Waals surface area contributed by atoms with E-state index in [0.717, 1.165) is 22.4 Å². The summed E-state index contributed by atoms with van der Waals surface area (Å²) in [5, 5.41) is 9.01. The zero-order valence-electron chi connectivity index (χ0n) is 10.4. The van der Waals surface area contributed by atoms with Gasteiger partial charge < -0.3 is 4.90 Å². The van der Waals surface area contributed by atoms with E-state index in [2.05, 4.69) is 22.0 Å². The molecule has 2 nitrogen and oxygen atoms in total. The third kappa shape index (κ3) is 3.12. The van der Waals surface area contributed by atoms with Crippen molar-refractivity contribution in [2.75, 3.05) is 11.4 Å². The summed E-state index contributed by atoms with van der Waals surface area (Å²) in [6.45, 7) is 2.74. The maximum absolute atomic E-state index is 13.0. The Balaban J connectivity index is 2.45. The van der Waals surface area contributed by atoms with Gasteiger partial charge in [-0.3, -0.25) is 0 Å². The zero-order chi connectivity index (χ0) is 13.8. The van der Waals surface area contributed by atoms with Crippen molar-refractivity contribution in [3.8, 4) is 6.07 Å². The van der Waals surface area contributed by atoms with Gasteiger partial charge in [0.05, 0.1) is 11.6 Å². The molecule has 96 valence electrons. The van der Waals surface area contributed by atoms with Crippen molar-refractivity contribution in [1.82, 2.24) is 0 Å². The molecule has 0 saturated heterocycles. The highest BCUT2D eigenvalue weighted by Gasteiger charge is 2.09. The highest BCUT2D eigenvalue weighted by Crippen LogP contribution is 2.29. The normalized spacial score (nSPS) is 10.0. The minimum Gasteiger partial charge on any atom is -0.342 e. The van der Waals surface area contributed by atoms with Crippen molar-refractivity contribution in [2.24, 2.45) is 0 Å². The van der Waals surface area contributed by atoms with E-state index < -0.39 is 0 Å². The molecule has 2 rings (SSSR count). The molecule has 0 heterocycles. The molecule has 0 amide bonds. The summed E-state index contributed by atoms with van der Waals surface area (Å²) in [7, 11) is 0. The quantitative estimate of drug-likeness (QED) is 0.825. The van der Waals surface area contributed by atoms with Crippen LogP contribution >= 0.6 is 15.9 Å². The molecule has 0 saturated carbocycles. The van der Waals surface area contributed by atoms with Crippen molar-refractivity contribution in [2.45, 2.75) is 6.92 Å². The molecule has 0 aromatic heterocycles. The first-order valence-corrected chi connectivity index (χ1v) is 6.67. The first-order chi connectivity index (χ1) is 9.13. The largest absolute Gasteiger partial charge is 0.342 e. The van der Waals surface area contributed by atoms with E-state index in [1.165, 1.54) is 12.1 Å². The van der Waals surface area contributed by atoms with Crippen LogP contribution in [0.2, 0.25) is 0 Å². The molecule has 0 fully saturated rings. The molecule has 19 heavy (non-hydrogen) atoms. The molecular weight excluding hydrogens is 307 g/mol. The van der Waals surface area contributed by atoms with Crippen LogP contribution in [0.15, 0.2) is 46.9 Å². The third-order valence-electron chi connectivity index (χ3n) is 2.78. The fourth-order valence-electron chi connectivity index (χ4n) is 1.93. The maximum atomic E-state index is 13.0. The molecule has 2 aromatic carbocycles. The Kier molecular flexibility index (Phi) is 4.18. The second-order valence-electron chi connectivity index (χ2n) is 4.03. The van der Waals surface area contributed by atoms with Crippen LogP contribution in [0, 0.1) is 17.1 Å².